The molecular formula is C25H30N4O3. The molecule has 0 radical (unpaired) electrons. The zero-order chi connectivity index (χ0) is 22.1. The number of benzene rings is 2. The molecule has 0 saturated carbocycles. The number of aromatic nitrogens is 2. The first-order valence-corrected chi connectivity index (χ1v) is 11.5. The van der Waals surface area contributed by atoms with Crippen molar-refractivity contribution < 1.29 is 9.53 Å². The van der Waals surface area contributed by atoms with Crippen molar-refractivity contribution in [2.45, 2.75) is 44.3 Å². The number of methoxy groups -OCH3 is 1. The third kappa shape index (κ3) is 3.71. The van der Waals surface area contributed by atoms with E-state index >= 15 is 0 Å². The first-order chi connectivity index (χ1) is 15.7. The van der Waals surface area contributed by atoms with Gasteiger partial charge in [0.05, 0.1) is 29.9 Å². The summed E-state index contributed by atoms with van der Waals surface area (Å²) in [4.78, 5) is 33.4. The van der Waals surface area contributed by atoms with Crippen LogP contribution >= 0.6 is 0 Å². The molecule has 2 saturated heterocycles. The van der Waals surface area contributed by atoms with Gasteiger partial charge >= 0.3 is 5.69 Å². The van der Waals surface area contributed by atoms with Gasteiger partial charge < -0.3 is 14.6 Å². The normalized spacial score (nSPS) is 20.5. The second-order valence-electron chi connectivity index (χ2n) is 8.76. The van der Waals surface area contributed by atoms with E-state index in [-0.39, 0.29) is 17.8 Å². The summed E-state index contributed by atoms with van der Waals surface area (Å²) in [6.45, 7) is 2.42. The van der Waals surface area contributed by atoms with Crippen LogP contribution in [-0.4, -0.2) is 58.0 Å². The molecule has 2 fully saturated rings. The van der Waals surface area contributed by atoms with Gasteiger partial charge in [0, 0.05) is 25.7 Å². The molecule has 1 atom stereocenters. The Hall–Kier alpha value is -3.06. The number of likely N-dealkylation sites (tertiary alicyclic amines) is 2. The van der Waals surface area contributed by atoms with Crippen LogP contribution in [0.4, 0.5) is 0 Å². The molecule has 32 heavy (non-hydrogen) atoms. The van der Waals surface area contributed by atoms with Gasteiger partial charge in [0.25, 0.3) is 5.91 Å². The summed E-state index contributed by atoms with van der Waals surface area (Å²) in [5.74, 6) is 0.651. The summed E-state index contributed by atoms with van der Waals surface area (Å²) < 4.78 is 7.33. The van der Waals surface area contributed by atoms with Gasteiger partial charge in [-0.3, -0.25) is 14.3 Å². The Labute approximate surface area is 187 Å². The van der Waals surface area contributed by atoms with E-state index in [4.69, 9.17) is 4.74 Å². The number of piperidine rings is 2. The maximum atomic E-state index is 13.1. The number of carbonyl (C=O) groups excluding carboxylic acids is 1. The molecule has 0 spiro atoms. The zero-order valence-electron chi connectivity index (χ0n) is 18.5. The molecular weight excluding hydrogens is 404 g/mol. The quantitative estimate of drug-likeness (QED) is 0.681. The van der Waals surface area contributed by atoms with Crippen LogP contribution in [0.5, 0.6) is 5.75 Å². The molecule has 2 aliphatic heterocycles. The fourth-order valence-corrected chi connectivity index (χ4v) is 5.40. The van der Waals surface area contributed by atoms with Crippen LogP contribution < -0.4 is 10.4 Å². The number of rotatable bonds is 4. The van der Waals surface area contributed by atoms with Crippen LogP contribution in [0.1, 0.15) is 48.6 Å². The zero-order valence-corrected chi connectivity index (χ0v) is 18.5. The van der Waals surface area contributed by atoms with Gasteiger partial charge in [0.1, 0.15) is 5.75 Å². The number of H-pyrrole nitrogens is 1. The Bertz CT molecular complexity index is 1160. The molecule has 7 heteroatoms. The van der Waals surface area contributed by atoms with Crippen LogP contribution in [0.3, 0.4) is 0 Å². The van der Waals surface area contributed by atoms with Crippen LogP contribution in [0, 0.1) is 0 Å². The molecule has 3 heterocycles. The van der Waals surface area contributed by atoms with Crippen molar-refractivity contribution in [1.82, 2.24) is 19.4 Å². The van der Waals surface area contributed by atoms with Crippen molar-refractivity contribution in [3.8, 4) is 5.75 Å². The van der Waals surface area contributed by atoms with E-state index in [1.165, 1.54) is 0 Å². The smallest absolute Gasteiger partial charge is 0.327 e. The molecule has 7 nitrogen and oxygen atoms in total. The van der Waals surface area contributed by atoms with E-state index in [2.05, 4.69) is 9.88 Å². The number of ether oxygens (including phenoxy) is 1. The lowest BCUT2D eigenvalue weighted by molar-refractivity contribution is 0.0181. The predicted molar refractivity (Wildman–Crippen MR) is 124 cm³/mol. The second kappa shape index (κ2) is 8.82. The van der Waals surface area contributed by atoms with Gasteiger partial charge in [-0.05, 0) is 56.4 Å². The first kappa shape index (κ1) is 20.8. The van der Waals surface area contributed by atoms with Crippen molar-refractivity contribution in [2.24, 2.45) is 0 Å². The number of imidazole rings is 1. The van der Waals surface area contributed by atoms with Gasteiger partial charge in [-0.1, -0.05) is 24.3 Å². The van der Waals surface area contributed by atoms with Gasteiger partial charge in [-0.25, -0.2) is 4.79 Å². The van der Waals surface area contributed by atoms with Crippen LogP contribution in [0.25, 0.3) is 11.0 Å². The standard InChI is InChI=1S/C25H30N4O3/c1-32-22-11-5-2-8-19(22)24(30)27-16-13-18(14-17-27)28-15-7-6-12-23(28)29-21-10-4-3-9-20(21)26-25(29)31/h2-5,8-11,18,23H,6-7,12-17H2,1H3,(H,26,31). The molecule has 1 N–H and O–H groups in total. The Kier molecular flexibility index (Phi) is 5.74. The fraction of sp³-hybridized carbons (Fsp3) is 0.440. The molecule has 3 aromatic rings. The summed E-state index contributed by atoms with van der Waals surface area (Å²) in [7, 11) is 1.60. The number of aromatic amines is 1. The molecule has 1 amide bonds. The molecule has 0 aliphatic carbocycles. The minimum absolute atomic E-state index is 0.0314. The number of fused-ring (bicyclic) bond motifs is 1. The number of carbonyl (C=O) groups is 1. The van der Waals surface area contributed by atoms with E-state index in [0.29, 0.717) is 30.4 Å². The largest absolute Gasteiger partial charge is 0.496 e. The van der Waals surface area contributed by atoms with Crippen molar-refractivity contribution >= 4 is 16.9 Å². The molecule has 1 aromatic heterocycles. The molecule has 2 aromatic carbocycles. The van der Waals surface area contributed by atoms with Crippen LogP contribution in [0.15, 0.2) is 53.3 Å². The van der Waals surface area contributed by atoms with Crippen molar-refractivity contribution in [1.29, 1.82) is 0 Å². The first-order valence-electron chi connectivity index (χ1n) is 11.5. The van der Waals surface area contributed by atoms with Crippen molar-refractivity contribution in [2.75, 3.05) is 26.7 Å². The van der Waals surface area contributed by atoms with Gasteiger partial charge in [0.2, 0.25) is 0 Å². The number of para-hydroxylation sites is 3. The Balaban J connectivity index is 1.33. The number of hydrogen-bond acceptors (Lipinski definition) is 4. The Morgan fingerprint density at radius 2 is 1.72 bits per heavy atom. The van der Waals surface area contributed by atoms with E-state index in [1.807, 2.05) is 58.0 Å². The van der Waals surface area contributed by atoms with Gasteiger partial charge in [0.15, 0.2) is 0 Å². The lowest BCUT2D eigenvalue weighted by Crippen LogP contribution is -2.51. The maximum absolute atomic E-state index is 13.1. The summed E-state index contributed by atoms with van der Waals surface area (Å²) in [6, 6.07) is 15.7. The molecule has 0 bridgehead atoms. The average molecular weight is 435 g/mol. The molecule has 2 aliphatic rings. The monoisotopic (exact) mass is 434 g/mol. The third-order valence-electron chi connectivity index (χ3n) is 6.99. The lowest BCUT2D eigenvalue weighted by Gasteiger charge is -2.44. The average Bonchev–Trinajstić information content (AvgIpc) is 3.19. The highest BCUT2D eigenvalue weighted by molar-refractivity contribution is 5.97. The lowest BCUT2D eigenvalue weighted by atomic mass is 9.97. The SMILES string of the molecule is COc1ccccc1C(=O)N1CCC(N2CCCCC2n2c(=O)[nH]c3ccccc32)CC1. The number of nitrogens with one attached hydrogen (secondary N) is 1. The summed E-state index contributed by atoms with van der Waals surface area (Å²) in [5, 5.41) is 0. The second-order valence-corrected chi connectivity index (χ2v) is 8.76. The summed E-state index contributed by atoms with van der Waals surface area (Å²) in [6.07, 6.45) is 5.13. The number of nitrogens with zero attached hydrogens (tertiary/aromatic N) is 3. The maximum Gasteiger partial charge on any atom is 0.327 e. The van der Waals surface area contributed by atoms with E-state index in [1.54, 1.807) is 7.11 Å². The topological polar surface area (TPSA) is 70.6 Å². The van der Waals surface area contributed by atoms with E-state index < -0.39 is 0 Å². The third-order valence-corrected chi connectivity index (χ3v) is 6.99. The highest BCUT2D eigenvalue weighted by Crippen LogP contribution is 2.33. The minimum atomic E-state index is -0.0353. The minimum Gasteiger partial charge on any atom is -0.496 e. The summed E-state index contributed by atoms with van der Waals surface area (Å²) >= 11 is 0. The van der Waals surface area contributed by atoms with E-state index in [9.17, 15) is 9.59 Å². The highest BCUT2D eigenvalue weighted by Gasteiger charge is 2.35. The number of amides is 1. The van der Waals surface area contributed by atoms with Crippen LogP contribution in [0.2, 0.25) is 0 Å². The summed E-state index contributed by atoms with van der Waals surface area (Å²) in [5.41, 5.74) is 2.44. The molecule has 5 rings (SSSR count). The predicted octanol–water partition coefficient (Wildman–Crippen LogP) is 3.63. The fourth-order valence-electron chi connectivity index (χ4n) is 5.40. The van der Waals surface area contributed by atoms with Gasteiger partial charge in [-0.15, -0.1) is 0 Å². The van der Waals surface area contributed by atoms with Crippen LogP contribution in [-0.2, 0) is 0 Å². The number of hydrogen-bond donors (Lipinski definition) is 1. The molecule has 1 unspecified atom stereocenters. The van der Waals surface area contributed by atoms with E-state index in [0.717, 1.165) is 49.7 Å². The van der Waals surface area contributed by atoms with Crippen molar-refractivity contribution in [3.63, 3.8) is 0 Å². The Morgan fingerprint density at radius 3 is 2.53 bits per heavy atom. The van der Waals surface area contributed by atoms with Crippen molar-refractivity contribution in [3.05, 3.63) is 64.6 Å². The molecule has 168 valence electrons. The highest BCUT2D eigenvalue weighted by atomic mass is 16.5. The van der Waals surface area contributed by atoms with Gasteiger partial charge in [-0.2, -0.15) is 0 Å². The Morgan fingerprint density at radius 1 is 0.969 bits per heavy atom.